The topological polar surface area (TPSA) is 35.6 Å². The fourth-order valence-electron chi connectivity index (χ4n) is 7.63. The van der Waals surface area contributed by atoms with Crippen LogP contribution < -0.4 is 0 Å². The zero-order valence-electron chi connectivity index (χ0n) is 26.2. The Morgan fingerprint density at radius 1 is 0.479 bits per heavy atom. The largest absolute Gasteiger partial charge is 0.309 e. The molecule has 0 fully saturated rings. The van der Waals surface area contributed by atoms with Crippen LogP contribution in [0, 0.1) is 0 Å². The van der Waals surface area contributed by atoms with E-state index in [9.17, 15) is 0 Å². The van der Waals surface area contributed by atoms with Gasteiger partial charge in [-0.15, -0.1) is 0 Å². The third-order valence-corrected chi connectivity index (χ3v) is 9.85. The highest BCUT2D eigenvalue weighted by Gasteiger charge is 2.20. The van der Waals surface area contributed by atoms with Gasteiger partial charge in [0.25, 0.3) is 0 Å². The number of nitrogens with zero attached hydrogens (tertiary/aromatic N) is 4. The molecule has 0 saturated heterocycles. The number of fused-ring (bicyclic) bond motifs is 7. The van der Waals surface area contributed by atoms with Crippen LogP contribution in [0.1, 0.15) is 18.0 Å². The second kappa shape index (κ2) is 10.6. The molecular weight excluding hydrogens is 585 g/mol. The van der Waals surface area contributed by atoms with Gasteiger partial charge >= 0.3 is 0 Å². The Balaban J connectivity index is 1.17. The first-order valence-corrected chi connectivity index (χ1v) is 16.5. The SMILES string of the molecule is C1=CCC(c2nc(-n3c4ccccc4c4cc(-c5ccc6c(c5)c5ccccc5n6-c5ccccc5)ccc43)nc3ccccc23)C=C1. The Morgan fingerprint density at radius 3 is 1.75 bits per heavy atom. The summed E-state index contributed by atoms with van der Waals surface area (Å²) in [5.74, 6) is 0.921. The summed E-state index contributed by atoms with van der Waals surface area (Å²) >= 11 is 0. The highest BCUT2D eigenvalue weighted by atomic mass is 15.2. The normalized spacial score (nSPS) is 14.6. The van der Waals surface area contributed by atoms with Gasteiger partial charge in [-0.25, -0.2) is 9.97 Å². The average Bonchev–Trinajstić information content (AvgIpc) is 3.67. The molecular formula is C44H30N4. The van der Waals surface area contributed by atoms with Gasteiger partial charge in [0.1, 0.15) is 0 Å². The number of rotatable bonds is 4. The molecule has 3 heterocycles. The summed E-state index contributed by atoms with van der Waals surface area (Å²) in [4.78, 5) is 10.5. The first-order chi connectivity index (χ1) is 23.8. The molecule has 0 saturated carbocycles. The molecule has 10 rings (SSSR count). The first kappa shape index (κ1) is 26.9. The summed E-state index contributed by atoms with van der Waals surface area (Å²) in [6.07, 6.45) is 9.65. The van der Waals surface area contributed by atoms with Crippen molar-refractivity contribution in [3.63, 3.8) is 0 Å². The summed E-state index contributed by atoms with van der Waals surface area (Å²) in [5.41, 5.74) is 10.2. The molecule has 1 aliphatic rings. The summed E-state index contributed by atoms with van der Waals surface area (Å²) in [6, 6.07) is 50.0. The first-order valence-electron chi connectivity index (χ1n) is 16.5. The zero-order valence-corrected chi connectivity index (χ0v) is 26.2. The average molecular weight is 615 g/mol. The molecule has 0 aliphatic heterocycles. The van der Waals surface area contributed by atoms with E-state index in [1.165, 1.54) is 49.4 Å². The minimum atomic E-state index is 0.212. The lowest BCUT2D eigenvalue weighted by Crippen LogP contribution is -2.08. The van der Waals surface area contributed by atoms with E-state index in [-0.39, 0.29) is 5.92 Å². The Hall–Kier alpha value is -6.26. The standard InChI is InChI=1S/C44H30N4/c1-3-13-29(14-4-1)43-35-19-7-10-20-38(35)45-44(46-43)48-40-22-12-9-18-34(40)37-28-31(24-26-42(37)48)30-23-25-41-36(27-30)33-17-8-11-21-39(33)47(41)32-15-5-2-6-16-32/h1-13,15-29H,14H2. The quantitative estimate of drug-likeness (QED) is 0.198. The van der Waals surface area contributed by atoms with Gasteiger partial charge in [-0.3, -0.25) is 4.57 Å². The van der Waals surface area contributed by atoms with E-state index in [4.69, 9.17) is 9.97 Å². The van der Waals surface area contributed by atoms with Crippen LogP contribution in [-0.4, -0.2) is 19.1 Å². The van der Waals surface area contributed by atoms with Crippen LogP contribution in [0.15, 0.2) is 164 Å². The van der Waals surface area contributed by atoms with E-state index in [0.717, 1.165) is 34.1 Å². The summed E-state index contributed by atoms with van der Waals surface area (Å²) in [7, 11) is 0. The van der Waals surface area contributed by atoms with E-state index in [1.54, 1.807) is 0 Å². The maximum absolute atomic E-state index is 5.30. The Kier molecular flexibility index (Phi) is 5.97. The van der Waals surface area contributed by atoms with Crippen LogP contribution in [0.25, 0.3) is 77.3 Å². The summed E-state index contributed by atoms with van der Waals surface area (Å²) in [5, 5.41) is 5.99. The zero-order chi connectivity index (χ0) is 31.6. The van der Waals surface area contributed by atoms with Gasteiger partial charge in [-0.2, -0.15) is 0 Å². The van der Waals surface area contributed by atoms with Crippen LogP contribution in [0.3, 0.4) is 0 Å². The predicted molar refractivity (Wildman–Crippen MR) is 199 cm³/mol. The number of allylic oxidation sites excluding steroid dienone is 4. The molecule has 3 aromatic heterocycles. The minimum absolute atomic E-state index is 0.212. The molecule has 6 aromatic carbocycles. The molecule has 226 valence electrons. The van der Waals surface area contributed by atoms with Crippen LogP contribution >= 0.6 is 0 Å². The van der Waals surface area contributed by atoms with E-state index in [1.807, 2.05) is 0 Å². The molecule has 4 heteroatoms. The van der Waals surface area contributed by atoms with Crippen molar-refractivity contribution in [2.45, 2.75) is 12.3 Å². The minimum Gasteiger partial charge on any atom is -0.309 e. The number of benzene rings is 6. The maximum atomic E-state index is 5.30. The van der Waals surface area contributed by atoms with Crippen molar-refractivity contribution >= 4 is 54.5 Å². The molecule has 1 aliphatic carbocycles. The summed E-state index contributed by atoms with van der Waals surface area (Å²) < 4.78 is 4.60. The van der Waals surface area contributed by atoms with Crippen molar-refractivity contribution in [1.29, 1.82) is 0 Å². The Labute approximate surface area is 277 Å². The molecule has 0 radical (unpaired) electrons. The van der Waals surface area contributed by atoms with Gasteiger partial charge < -0.3 is 4.57 Å². The maximum Gasteiger partial charge on any atom is 0.235 e. The van der Waals surface area contributed by atoms with Crippen molar-refractivity contribution < 1.29 is 0 Å². The fourth-order valence-corrected chi connectivity index (χ4v) is 7.63. The predicted octanol–water partition coefficient (Wildman–Crippen LogP) is 11.1. The van der Waals surface area contributed by atoms with E-state index in [2.05, 4.69) is 173 Å². The monoisotopic (exact) mass is 614 g/mol. The smallest absolute Gasteiger partial charge is 0.235 e. The van der Waals surface area contributed by atoms with Gasteiger partial charge in [-0.05, 0) is 72.1 Å². The fraction of sp³-hybridized carbons (Fsp3) is 0.0455. The molecule has 1 unspecified atom stereocenters. The van der Waals surface area contributed by atoms with Crippen molar-refractivity contribution in [3.05, 3.63) is 170 Å². The highest BCUT2D eigenvalue weighted by Crippen LogP contribution is 2.38. The van der Waals surface area contributed by atoms with E-state index < -0.39 is 0 Å². The van der Waals surface area contributed by atoms with Crippen LogP contribution in [0.5, 0.6) is 0 Å². The molecule has 0 bridgehead atoms. The van der Waals surface area contributed by atoms with Gasteiger partial charge in [0.05, 0.1) is 33.3 Å². The van der Waals surface area contributed by atoms with E-state index >= 15 is 0 Å². The molecule has 0 spiro atoms. The Morgan fingerprint density at radius 2 is 1.06 bits per heavy atom. The lowest BCUT2D eigenvalue weighted by Gasteiger charge is -2.17. The van der Waals surface area contributed by atoms with Gasteiger partial charge in [-0.1, -0.05) is 109 Å². The van der Waals surface area contributed by atoms with Crippen LogP contribution in [0.4, 0.5) is 0 Å². The van der Waals surface area contributed by atoms with Gasteiger partial charge in [0, 0.05) is 38.5 Å². The molecule has 0 amide bonds. The third kappa shape index (κ3) is 4.09. The number of aromatic nitrogens is 4. The number of hydrogen-bond donors (Lipinski definition) is 0. The second-order valence-electron chi connectivity index (χ2n) is 12.6. The lowest BCUT2D eigenvalue weighted by molar-refractivity contribution is 0.810. The highest BCUT2D eigenvalue weighted by molar-refractivity contribution is 6.12. The van der Waals surface area contributed by atoms with E-state index in [0.29, 0.717) is 5.95 Å². The van der Waals surface area contributed by atoms with Crippen molar-refractivity contribution in [2.75, 3.05) is 0 Å². The molecule has 48 heavy (non-hydrogen) atoms. The molecule has 1 atom stereocenters. The van der Waals surface area contributed by atoms with Gasteiger partial charge in [0.15, 0.2) is 0 Å². The molecule has 9 aromatic rings. The van der Waals surface area contributed by atoms with Gasteiger partial charge in [0.2, 0.25) is 5.95 Å². The third-order valence-electron chi connectivity index (χ3n) is 9.85. The van der Waals surface area contributed by atoms with Crippen LogP contribution in [0.2, 0.25) is 0 Å². The lowest BCUT2D eigenvalue weighted by atomic mass is 9.94. The molecule has 4 nitrogen and oxygen atoms in total. The number of para-hydroxylation sites is 4. The summed E-state index contributed by atoms with van der Waals surface area (Å²) in [6.45, 7) is 0. The van der Waals surface area contributed by atoms with Crippen molar-refractivity contribution in [2.24, 2.45) is 0 Å². The molecule has 0 N–H and O–H groups in total. The number of hydrogen-bond acceptors (Lipinski definition) is 2. The van der Waals surface area contributed by atoms with Crippen LogP contribution in [-0.2, 0) is 0 Å². The van der Waals surface area contributed by atoms with Crippen molar-refractivity contribution in [3.8, 4) is 22.8 Å². The Bertz CT molecular complexity index is 2760. The van der Waals surface area contributed by atoms with Crippen molar-refractivity contribution in [1.82, 2.24) is 19.1 Å². The second-order valence-corrected chi connectivity index (χ2v) is 12.6.